The smallest absolute Gasteiger partial charge is 0.342 e. The highest BCUT2D eigenvalue weighted by atomic mass is 32.2. The molecule has 0 aliphatic carbocycles. The van der Waals surface area contributed by atoms with Crippen LogP contribution in [0.1, 0.15) is 0 Å². The first-order valence-corrected chi connectivity index (χ1v) is 5.60. The average Bonchev–Trinajstić information content (AvgIpc) is 2.16. The Kier molecular flexibility index (Phi) is 2.13. The number of hydrogen-bond acceptors (Lipinski definition) is 4. The Balaban J connectivity index is 2.53. The summed E-state index contributed by atoms with van der Waals surface area (Å²) in [6.07, 6.45) is -1.31. The van der Waals surface area contributed by atoms with Gasteiger partial charge in [-0.3, -0.25) is 0 Å². The lowest BCUT2D eigenvalue weighted by Crippen LogP contribution is -2.49. The van der Waals surface area contributed by atoms with Gasteiger partial charge in [-0.1, -0.05) is 12.1 Å². The number of hydrogen-bond donors (Lipinski definition) is 3. The maximum absolute atomic E-state index is 11.6. The van der Waals surface area contributed by atoms with Gasteiger partial charge in [-0.15, -0.1) is 0 Å². The van der Waals surface area contributed by atoms with Crippen LogP contribution in [-0.4, -0.2) is 25.7 Å². The van der Waals surface area contributed by atoms with Gasteiger partial charge in [0.25, 0.3) is 0 Å². The minimum atomic E-state index is -3.73. The fraction of sp³-hybridized carbons (Fsp3) is 0.125. The molecule has 0 unspecified atom stereocenters. The molecule has 1 aromatic carbocycles. The molecule has 1 aromatic rings. The fourth-order valence-electron chi connectivity index (χ4n) is 1.34. The molecule has 0 aromatic heterocycles. The highest BCUT2D eigenvalue weighted by Gasteiger charge is 2.32. The van der Waals surface area contributed by atoms with Crippen LogP contribution in [0.2, 0.25) is 0 Å². The summed E-state index contributed by atoms with van der Waals surface area (Å²) in [5.74, 6) is -1.27. The van der Waals surface area contributed by atoms with Crippen molar-refractivity contribution in [3.8, 4) is 0 Å². The highest BCUT2D eigenvalue weighted by Crippen LogP contribution is 2.24. The largest absolute Gasteiger partial charge is 0.479 e. The van der Waals surface area contributed by atoms with Crippen LogP contribution in [0.4, 0.5) is 5.69 Å². The molecule has 0 bridgehead atoms. The van der Waals surface area contributed by atoms with Gasteiger partial charge in [0.1, 0.15) is 4.90 Å². The zero-order valence-corrected chi connectivity index (χ0v) is 8.28. The molecule has 80 valence electrons. The molecule has 0 saturated heterocycles. The Labute approximate surface area is 86.0 Å². The van der Waals surface area contributed by atoms with Crippen molar-refractivity contribution in [3.63, 3.8) is 0 Å². The van der Waals surface area contributed by atoms with Crippen molar-refractivity contribution in [2.24, 2.45) is 0 Å². The Hall–Kier alpha value is -1.60. The molecule has 1 aliphatic rings. The summed E-state index contributed by atoms with van der Waals surface area (Å²) in [5.41, 5.74) is 0.295. The van der Waals surface area contributed by atoms with Crippen LogP contribution in [0.5, 0.6) is 0 Å². The third-order valence-electron chi connectivity index (χ3n) is 2.00. The zero-order chi connectivity index (χ0) is 11.1. The quantitative estimate of drug-likeness (QED) is 0.618. The lowest BCUT2D eigenvalue weighted by Gasteiger charge is -2.24. The van der Waals surface area contributed by atoms with Crippen LogP contribution < -0.4 is 10.0 Å². The molecule has 2 rings (SSSR count). The van der Waals surface area contributed by atoms with E-state index in [9.17, 15) is 13.2 Å². The third kappa shape index (κ3) is 1.66. The van der Waals surface area contributed by atoms with Crippen molar-refractivity contribution < 1.29 is 18.3 Å². The number of carbonyl (C=O) groups is 1. The lowest BCUT2D eigenvalue weighted by atomic mass is 10.3. The number of aliphatic carboxylic acids is 1. The Morgan fingerprint density at radius 3 is 2.67 bits per heavy atom. The number of fused-ring (bicyclic) bond motifs is 1. The summed E-state index contributed by atoms with van der Waals surface area (Å²) in [7, 11) is -3.73. The maximum atomic E-state index is 11.6. The highest BCUT2D eigenvalue weighted by molar-refractivity contribution is 7.89. The summed E-state index contributed by atoms with van der Waals surface area (Å²) >= 11 is 0. The molecule has 0 radical (unpaired) electrons. The number of carboxylic acid groups (broad SMARTS) is 1. The second kappa shape index (κ2) is 3.21. The lowest BCUT2D eigenvalue weighted by molar-refractivity contribution is -0.138. The molecule has 6 nitrogen and oxygen atoms in total. The van der Waals surface area contributed by atoms with E-state index in [0.29, 0.717) is 5.69 Å². The summed E-state index contributed by atoms with van der Waals surface area (Å²) in [6, 6.07) is 6.12. The number of nitrogens with one attached hydrogen (secondary N) is 2. The third-order valence-corrected chi connectivity index (χ3v) is 3.48. The first-order chi connectivity index (χ1) is 7.00. The number of benzene rings is 1. The van der Waals surface area contributed by atoms with Gasteiger partial charge in [-0.2, -0.15) is 4.72 Å². The van der Waals surface area contributed by atoms with Crippen LogP contribution in [-0.2, 0) is 14.8 Å². The van der Waals surface area contributed by atoms with Crippen molar-refractivity contribution in [2.75, 3.05) is 5.32 Å². The van der Waals surface area contributed by atoms with E-state index in [1.807, 2.05) is 4.72 Å². The molecule has 15 heavy (non-hydrogen) atoms. The van der Waals surface area contributed by atoms with Crippen LogP contribution >= 0.6 is 0 Å². The minimum Gasteiger partial charge on any atom is -0.479 e. The predicted molar refractivity (Wildman–Crippen MR) is 51.8 cm³/mol. The van der Waals surface area contributed by atoms with E-state index in [0.717, 1.165) is 0 Å². The Morgan fingerprint density at radius 1 is 1.33 bits per heavy atom. The molecule has 1 atom stereocenters. The van der Waals surface area contributed by atoms with Crippen LogP contribution in [0.25, 0.3) is 0 Å². The maximum Gasteiger partial charge on any atom is 0.342 e. The molecule has 0 fully saturated rings. The van der Waals surface area contributed by atoms with Gasteiger partial charge < -0.3 is 10.4 Å². The SMILES string of the molecule is O=C(O)[C@@H]1Nc2ccccc2S(=O)(=O)N1. The molecule has 0 saturated carbocycles. The number of carboxylic acids is 1. The van der Waals surface area contributed by atoms with Crippen molar-refractivity contribution in [1.29, 1.82) is 0 Å². The van der Waals surface area contributed by atoms with Crippen molar-refractivity contribution >= 4 is 21.7 Å². The van der Waals surface area contributed by atoms with E-state index < -0.39 is 22.2 Å². The first kappa shape index (κ1) is 9.94. The molecular weight excluding hydrogens is 220 g/mol. The second-order valence-electron chi connectivity index (χ2n) is 3.03. The molecule has 1 aliphatic heterocycles. The predicted octanol–water partition coefficient (Wildman–Crippen LogP) is -0.199. The van der Waals surface area contributed by atoms with E-state index in [1.165, 1.54) is 12.1 Å². The van der Waals surface area contributed by atoms with Gasteiger partial charge in [0, 0.05) is 0 Å². The van der Waals surface area contributed by atoms with Gasteiger partial charge in [0.2, 0.25) is 10.0 Å². The second-order valence-corrected chi connectivity index (χ2v) is 4.72. The van der Waals surface area contributed by atoms with Gasteiger partial charge in [0.05, 0.1) is 5.69 Å². The summed E-state index contributed by atoms with van der Waals surface area (Å²) < 4.78 is 25.2. The van der Waals surface area contributed by atoms with Crippen LogP contribution in [0, 0.1) is 0 Å². The van der Waals surface area contributed by atoms with E-state index >= 15 is 0 Å². The van der Waals surface area contributed by atoms with Crippen molar-refractivity contribution in [3.05, 3.63) is 24.3 Å². The monoisotopic (exact) mass is 228 g/mol. The normalized spacial score (nSPS) is 22.5. The van der Waals surface area contributed by atoms with Crippen molar-refractivity contribution in [1.82, 2.24) is 4.72 Å². The number of para-hydroxylation sites is 1. The van der Waals surface area contributed by atoms with E-state index in [4.69, 9.17) is 5.11 Å². The van der Waals surface area contributed by atoms with E-state index in [1.54, 1.807) is 12.1 Å². The molecule has 0 amide bonds. The number of anilines is 1. The summed E-state index contributed by atoms with van der Waals surface area (Å²) in [6.45, 7) is 0. The minimum absolute atomic E-state index is 0.0579. The fourth-order valence-corrected chi connectivity index (χ4v) is 2.61. The topological polar surface area (TPSA) is 95.5 Å². The van der Waals surface area contributed by atoms with E-state index in [2.05, 4.69) is 5.32 Å². The zero-order valence-electron chi connectivity index (χ0n) is 7.47. The van der Waals surface area contributed by atoms with Gasteiger partial charge >= 0.3 is 5.97 Å². The summed E-state index contributed by atoms with van der Waals surface area (Å²) in [4.78, 5) is 10.7. The average molecular weight is 228 g/mol. The van der Waals surface area contributed by atoms with Gasteiger partial charge in [0.15, 0.2) is 6.17 Å². The molecule has 0 spiro atoms. The van der Waals surface area contributed by atoms with Gasteiger partial charge in [-0.05, 0) is 12.1 Å². The Bertz CT molecular complexity index is 511. The first-order valence-electron chi connectivity index (χ1n) is 4.11. The van der Waals surface area contributed by atoms with Crippen LogP contribution in [0.15, 0.2) is 29.2 Å². The standard InChI is InChI=1S/C8H8N2O4S/c11-8(12)7-9-5-3-1-2-4-6(5)15(13,14)10-7/h1-4,7,9-10H,(H,11,12)/t7-/m1/s1. The Morgan fingerprint density at radius 2 is 2.00 bits per heavy atom. The van der Waals surface area contributed by atoms with Crippen molar-refractivity contribution in [2.45, 2.75) is 11.1 Å². The molecular formula is C8H8N2O4S. The number of rotatable bonds is 1. The molecule has 1 heterocycles. The summed E-state index contributed by atoms with van der Waals surface area (Å²) in [5, 5.41) is 11.3. The van der Waals surface area contributed by atoms with Gasteiger partial charge in [-0.25, -0.2) is 13.2 Å². The number of sulfonamides is 1. The molecule has 7 heteroatoms. The van der Waals surface area contributed by atoms with E-state index in [-0.39, 0.29) is 4.90 Å². The molecule has 3 N–H and O–H groups in total. The van der Waals surface area contributed by atoms with Crippen LogP contribution in [0.3, 0.4) is 0 Å².